The molecule has 3 heterocycles. The van der Waals surface area contributed by atoms with Crippen molar-refractivity contribution in [1.29, 1.82) is 0 Å². The number of carbonyl (C=O) groups excluding carboxylic acids is 1. The second kappa shape index (κ2) is 8.43. The van der Waals surface area contributed by atoms with Gasteiger partial charge in [-0.2, -0.15) is 0 Å². The summed E-state index contributed by atoms with van der Waals surface area (Å²) in [6.45, 7) is 3.02. The lowest BCUT2D eigenvalue weighted by Gasteiger charge is -2.43. The topological polar surface area (TPSA) is 102 Å². The SMILES string of the molecule is COc1ncc(C2CCCN(C(C)(C(N)=O)c3ccc(Cl)cn3)C2)cc1CO. The average Bonchev–Trinajstić information content (AvgIpc) is 2.73. The van der Waals surface area contributed by atoms with Crippen LogP contribution < -0.4 is 10.5 Å². The summed E-state index contributed by atoms with van der Waals surface area (Å²) >= 11 is 5.95. The zero-order valence-corrected chi connectivity index (χ0v) is 16.8. The van der Waals surface area contributed by atoms with Crippen LogP contribution in [0.2, 0.25) is 5.02 Å². The highest BCUT2D eigenvalue weighted by Gasteiger charge is 2.43. The number of likely N-dealkylation sites (tertiary alicyclic amines) is 1. The van der Waals surface area contributed by atoms with Crippen molar-refractivity contribution in [2.45, 2.75) is 37.8 Å². The van der Waals surface area contributed by atoms with Gasteiger partial charge < -0.3 is 15.6 Å². The first-order valence-electron chi connectivity index (χ1n) is 9.20. The second-order valence-corrected chi connectivity index (χ2v) is 7.61. The van der Waals surface area contributed by atoms with Crippen LogP contribution in [0.4, 0.5) is 0 Å². The van der Waals surface area contributed by atoms with Crippen molar-refractivity contribution < 1.29 is 14.6 Å². The number of ether oxygens (including phenoxy) is 1. The molecule has 150 valence electrons. The molecule has 0 aromatic carbocycles. The number of nitrogens with two attached hydrogens (primary N) is 1. The minimum Gasteiger partial charge on any atom is -0.481 e. The van der Waals surface area contributed by atoms with Crippen LogP contribution in [0.25, 0.3) is 0 Å². The highest BCUT2D eigenvalue weighted by molar-refractivity contribution is 6.30. The molecule has 1 saturated heterocycles. The van der Waals surface area contributed by atoms with Crippen LogP contribution in [0.5, 0.6) is 5.88 Å². The number of primary amides is 1. The van der Waals surface area contributed by atoms with Gasteiger partial charge in [0, 0.05) is 24.5 Å². The van der Waals surface area contributed by atoms with Crippen molar-refractivity contribution in [2.75, 3.05) is 20.2 Å². The third-order valence-corrected chi connectivity index (χ3v) is 5.76. The fourth-order valence-corrected chi connectivity index (χ4v) is 3.91. The molecule has 1 aliphatic heterocycles. The summed E-state index contributed by atoms with van der Waals surface area (Å²) in [5, 5.41) is 10.1. The summed E-state index contributed by atoms with van der Waals surface area (Å²) in [5.74, 6) is 0.126. The lowest BCUT2D eigenvalue weighted by Crippen LogP contribution is -2.56. The molecule has 1 amide bonds. The van der Waals surface area contributed by atoms with Crippen LogP contribution in [-0.2, 0) is 16.9 Å². The number of aliphatic hydroxyl groups excluding tert-OH is 1. The molecule has 1 aliphatic rings. The predicted molar refractivity (Wildman–Crippen MR) is 106 cm³/mol. The average molecular weight is 405 g/mol. The summed E-state index contributed by atoms with van der Waals surface area (Å²) in [6, 6.07) is 5.38. The van der Waals surface area contributed by atoms with Crippen molar-refractivity contribution in [3.05, 3.63) is 52.4 Å². The first kappa shape index (κ1) is 20.5. The Hall–Kier alpha value is -2.22. The van der Waals surface area contributed by atoms with Gasteiger partial charge in [0.05, 0.1) is 24.4 Å². The smallest absolute Gasteiger partial charge is 0.243 e. The molecule has 1 fully saturated rings. The third kappa shape index (κ3) is 3.83. The lowest BCUT2D eigenvalue weighted by molar-refractivity contribution is -0.131. The van der Waals surface area contributed by atoms with Crippen LogP contribution in [-0.4, -0.2) is 46.1 Å². The normalized spacial score (nSPS) is 19.8. The Labute approximate surface area is 169 Å². The highest BCUT2D eigenvalue weighted by atomic mass is 35.5. The zero-order chi connectivity index (χ0) is 20.3. The Morgan fingerprint density at radius 3 is 2.82 bits per heavy atom. The molecule has 0 aliphatic carbocycles. The summed E-state index contributed by atoms with van der Waals surface area (Å²) in [4.78, 5) is 23.2. The molecule has 2 aromatic rings. The van der Waals surface area contributed by atoms with E-state index >= 15 is 0 Å². The Morgan fingerprint density at radius 2 is 2.21 bits per heavy atom. The van der Waals surface area contributed by atoms with Gasteiger partial charge in [0.15, 0.2) is 0 Å². The standard InChI is InChI=1S/C20H25ClN4O3/c1-20(19(22)27,17-6-5-16(21)10-23-17)25-7-3-4-13(11-25)14-8-15(12-26)18(28-2)24-9-14/h5-6,8-10,13,26H,3-4,7,11-12H2,1-2H3,(H2,22,27). The van der Waals surface area contributed by atoms with Crippen LogP contribution in [0.15, 0.2) is 30.6 Å². The fraction of sp³-hybridized carbons (Fsp3) is 0.450. The molecule has 2 unspecified atom stereocenters. The molecular formula is C20H25ClN4O3. The lowest BCUT2D eigenvalue weighted by atomic mass is 9.85. The third-order valence-electron chi connectivity index (χ3n) is 5.54. The number of nitrogens with zero attached hydrogens (tertiary/aromatic N) is 3. The maximum Gasteiger partial charge on any atom is 0.243 e. The molecule has 28 heavy (non-hydrogen) atoms. The molecule has 0 spiro atoms. The van der Waals surface area contributed by atoms with E-state index in [1.807, 2.05) is 6.07 Å². The number of pyridine rings is 2. The number of hydrogen-bond donors (Lipinski definition) is 2. The van der Waals surface area contributed by atoms with Gasteiger partial charge in [-0.05, 0) is 56.0 Å². The zero-order valence-electron chi connectivity index (χ0n) is 16.1. The minimum absolute atomic E-state index is 0.145. The van der Waals surface area contributed by atoms with Gasteiger partial charge in [0.1, 0.15) is 5.54 Å². The Bertz CT molecular complexity index is 846. The molecule has 0 bridgehead atoms. The number of methoxy groups -OCH3 is 1. The molecule has 2 atom stereocenters. The molecule has 7 nitrogen and oxygen atoms in total. The second-order valence-electron chi connectivity index (χ2n) is 7.18. The van der Waals surface area contributed by atoms with Gasteiger partial charge in [-0.25, -0.2) is 4.98 Å². The first-order valence-corrected chi connectivity index (χ1v) is 9.58. The number of piperidine rings is 1. The maximum atomic E-state index is 12.5. The molecule has 2 aromatic heterocycles. The van der Waals surface area contributed by atoms with Gasteiger partial charge in [-0.3, -0.25) is 14.7 Å². The Kier molecular flexibility index (Phi) is 6.17. The van der Waals surface area contributed by atoms with E-state index in [0.717, 1.165) is 24.9 Å². The minimum atomic E-state index is -1.04. The van der Waals surface area contributed by atoms with E-state index in [2.05, 4.69) is 14.9 Å². The van der Waals surface area contributed by atoms with Crippen molar-refractivity contribution in [2.24, 2.45) is 5.73 Å². The van der Waals surface area contributed by atoms with Crippen LogP contribution in [0, 0.1) is 0 Å². The molecular weight excluding hydrogens is 380 g/mol. The maximum absolute atomic E-state index is 12.5. The van der Waals surface area contributed by atoms with Crippen molar-refractivity contribution in [3.63, 3.8) is 0 Å². The molecule has 3 rings (SSSR count). The van der Waals surface area contributed by atoms with Crippen LogP contribution in [0.3, 0.4) is 0 Å². The van der Waals surface area contributed by atoms with E-state index in [-0.39, 0.29) is 12.5 Å². The van der Waals surface area contributed by atoms with E-state index < -0.39 is 11.4 Å². The summed E-state index contributed by atoms with van der Waals surface area (Å²) in [7, 11) is 1.53. The van der Waals surface area contributed by atoms with Gasteiger partial charge in [-0.1, -0.05) is 11.6 Å². The largest absolute Gasteiger partial charge is 0.481 e. The summed E-state index contributed by atoms with van der Waals surface area (Å²) in [5.41, 5.74) is 7.02. The Morgan fingerprint density at radius 1 is 1.43 bits per heavy atom. The number of amides is 1. The number of rotatable bonds is 6. The monoisotopic (exact) mass is 404 g/mol. The summed E-state index contributed by atoms with van der Waals surface area (Å²) in [6.07, 6.45) is 5.16. The predicted octanol–water partition coefficient (Wildman–Crippen LogP) is 2.21. The number of aromatic nitrogens is 2. The number of halogens is 1. The fourth-order valence-electron chi connectivity index (χ4n) is 3.80. The molecule has 8 heteroatoms. The van der Waals surface area contributed by atoms with Gasteiger partial charge >= 0.3 is 0 Å². The summed E-state index contributed by atoms with van der Waals surface area (Å²) < 4.78 is 5.19. The van der Waals surface area contributed by atoms with Gasteiger partial charge in [0.2, 0.25) is 11.8 Å². The quantitative estimate of drug-likeness (QED) is 0.765. The molecule has 0 radical (unpaired) electrons. The number of carbonyl (C=O) groups is 1. The van der Waals surface area contributed by atoms with Crippen LogP contribution in [0.1, 0.15) is 42.5 Å². The Balaban J connectivity index is 1.90. The van der Waals surface area contributed by atoms with E-state index in [1.54, 1.807) is 25.3 Å². The first-order chi connectivity index (χ1) is 13.4. The number of hydrogen-bond acceptors (Lipinski definition) is 6. The van der Waals surface area contributed by atoms with Crippen molar-refractivity contribution >= 4 is 17.5 Å². The molecule has 0 saturated carbocycles. The van der Waals surface area contributed by atoms with E-state index in [9.17, 15) is 9.90 Å². The number of aliphatic hydroxyl groups is 1. The van der Waals surface area contributed by atoms with Gasteiger partial charge in [0.25, 0.3) is 0 Å². The highest BCUT2D eigenvalue weighted by Crippen LogP contribution is 2.36. The van der Waals surface area contributed by atoms with E-state index in [4.69, 9.17) is 22.1 Å². The van der Waals surface area contributed by atoms with Crippen molar-refractivity contribution in [1.82, 2.24) is 14.9 Å². The van der Waals surface area contributed by atoms with Crippen molar-refractivity contribution in [3.8, 4) is 5.88 Å². The van der Waals surface area contributed by atoms with E-state index in [0.29, 0.717) is 28.7 Å². The van der Waals surface area contributed by atoms with Gasteiger partial charge in [-0.15, -0.1) is 0 Å². The van der Waals surface area contributed by atoms with E-state index in [1.165, 1.54) is 13.3 Å². The molecule has 3 N–H and O–H groups in total. The van der Waals surface area contributed by atoms with Crippen LogP contribution >= 0.6 is 11.6 Å².